The Morgan fingerprint density at radius 3 is 0.500 bits per heavy atom. The van der Waals surface area contributed by atoms with Gasteiger partial charge in [-0.3, -0.25) is 0 Å². The molecule has 0 saturated heterocycles. The molecule has 0 nitrogen and oxygen atoms in total. The second-order valence-corrected chi connectivity index (χ2v) is 0. The van der Waals surface area contributed by atoms with Gasteiger partial charge in [-0.05, 0) is 0 Å². The number of hydrogen-bond acceptors (Lipinski definition) is 0. The van der Waals surface area contributed by atoms with Gasteiger partial charge in [0, 0.05) is 0 Å². The fourth-order valence-electron chi connectivity index (χ4n) is 0. The van der Waals surface area contributed by atoms with Crippen LogP contribution in [-0.4, -0.2) is 83.6 Å². The van der Waals surface area contributed by atoms with Gasteiger partial charge in [-0.15, -0.1) is 0 Å². The van der Waals surface area contributed by atoms with Gasteiger partial charge in [0.25, 0.3) is 0 Å². The Morgan fingerprint density at radius 2 is 0.500 bits per heavy atom. The molecule has 0 spiro atoms. The van der Waals surface area contributed by atoms with E-state index in [2.05, 4.69) is 0 Å². The van der Waals surface area contributed by atoms with Crippen LogP contribution < -0.4 is 0 Å². The van der Waals surface area contributed by atoms with Crippen molar-refractivity contribution in [1.82, 2.24) is 0 Å². The Kier molecular flexibility index (Phi) is 339. The molecule has 0 bridgehead atoms. The van der Waals surface area contributed by atoms with Gasteiger partial charge in [0.15, 0.2) is 34.7 Å². The van der Waals surface area contributed by atoms with Crippen molar-refractivity contribution in [2.45, 2.75) is 0 Å². The quantitative estimate of drug-likeness (QED) is 0.420. The fourth-order valence-corrected chi connectivity index (χ4v) is 0. The fraction of sp³-hybridized carbons (Fsp3) is 0. The zero-order valence-corrected chi connectivity index (χ0v) is 4.50. The molecule has 0 heterocycles. The Morgan fingerprint density at radius 1 is 0.500 bits per heavy atom. The topological polar surface area (TPSA) is 0 Å². The standard InChI is InChI=1S/2Al.Ba.3H2S.8H/h;;;3*1H2;;;;;;;;. The molecule has 0 fully saturated rings. The third-order valence-electron chi connectivity index (χ3n) is 0. The van der Waals surface area contributed by atoms with Gasteiger partial charge in [-0.25, -0.2) is 0 Å². The molecule has 0 aromatic carbocycles. The van der Waals surface area contributed by atoms with Gasteiger partial charge in [0.2, 0.25) is 0 Å². The van der Waals surface area contributed by atoms with Crippen LogP contribution in [0.1, 0.15) is 0 Å². The molecule has 40 valence electrons. The third-order valence-corrected chi connectivity index (χ3v) is 0. The van der Waals surface area contributed by atoms with E-state index in [1.807, 2.05) is 0 Å². The number of rotatable bonds is 0. The van der Waals surface area contributed by atoms with Gasteiger partial charge in [0.1, 0.15) is 0 Å². The van der Waals surface area contributed by atoms with Crippen LogP contribution in [0.3, 0.4) is 0 Å². The van der Waals surface area contributed by atoms with Crippen LogP contribution in [0.4, 0.5) is 0 Å². The van der Waals surface area contributed by atoms with E-state index in [0.717, 1.165) is 0 Å². The van der Waals surface area contributed by atoms with Crippen LogP contribution in [0.2, 0.25) is 0 Å². The van der Waals surface area contributed by atoms with E-state index in [9.17, 15) is 0 Å². The molecule has 0 aromatic heterocycles. The van der Waals surface area contributed by atoms with Crippen molar-refractivity contribution >= 4 is 124 Å². The van der Waals surface area contributed by atoms with Crippen LogP contribution in [0.25, 0.3) is 0 Å². The molecular formula is H14Al2BaS3. The van der Waals surface area contributed by atoms with E-state index < -0.39 is 0 Å². The van der Waals surface area contributed by atoms with Crippen molar-refractivity contribution < 1.29 is 0 Å². The molecule has 0 atom stereocenters. The summed E-state index contributed by atoms with van der Waals surface area (Å²) in [5.41, 5.74) is 0. The Bertz CT molecular complexity index is 8.75. The molecule has 0 aromatic rings. The van der Waals surface area contributed by atoms with Gasteiger partial charge >= 0.3 is 48.9 Å². The van der Waals surface area contributed by atoms with Crippen molar-refractivity contribution in [3.63, 3.8) is 0 Å². The normalized spacial score (nSPS) is 0. The summed E-state index contributed by atoms with van der Waals surface area (Å²) in [5, 5.41) is 0. The van der Waals surface area contributed by atoms with E-state index in [1.165, 1.54) is 0 Å². The average Bonchev–Trinajstić information content (AvgIpc) is 0. The molecule has 0 aliphatic heterocycles. The van der Waals surface area contributed by atoms with Crippen molar-refractivity contribution in [2.24, 2.45) is 0 Å². The Labute approximate surface area is 121 Å². The van der Waals surface area contributed by atoms with Crippen molar-refractivity contribution in [3.8, 4) is 0 Å². The van der Waals surface area contributed by atoms with Gasteiger partial charge in [-0.2, -0.15) is 40.5 Å². The van der Waals surface area contributed by atoms with E-state index in [-0.39, 0.29) is 124 Å². The van der Waals surface area contributed by atoms with Gasteiger partial charge < -0.3 is 0 Å². The summed E-state index contributed by atoms with van der Waals surface area (Å²) in [6, 6.07) is 0. The predicted molar refractivity (Wildman–Crippen MR) is 59.6 cm³/mol. The summed E-state index contributed by atoms with van der Waals surface area (Å²) in [4.78, 5) is 0. The molecular weight excluding hydrogens is 287 g/mol. The number of hydrogen-bond donors (Lipinski definition) is 0. The summed E-state index contributed by atoms with van der Waals surface area (Å²) >= 11 is 0. The second-order valence-electron chi connectivity index (χ2n) is 0. The molecule has 6 heavy (non-hydrogen) atoms. The van der Waals surface area contributed by atoms with Crippen molar-refractivity contribution in [3.05, 3.63) is 0 Å². The van der Waals surface area contributed by atoms with Crippen molar-refractivity contribution in [2.75, 3.05) is 0 Å². The predicted octanol–water partition coefficient (Wildman–Crippen LogP) is -2.95. The summed E-state index contributed by atoms with van der Waals surface area (Å²) in [6.07, 6.45) is 0. The summed E-state index contributed by atoms with van der Waals surface area (Å²) in [5.74, 6) is 0. The van der Waals surface area contributed by atoms with Crippen molar-refractivity contribution in [1.29, 1.82) is 0 Å². The first kappa shape index (κ1) is 53.8. The molecule has 0 unspecified atom stereocenters. The van der Waals surface area contributed by atoms with Crippen LogP contribution in [-0.2, 0) is 0 Å². The van der Waals surface area contributed by atoms with Crippen LogP contribution in [0.5, 0.6) is 0 Å². The third kappa shape index (κ3) is 25.3. The zero-order valence-electron chi connectivity index (χ0n) is 1.50. The average molecular weight is 302 g/mol. The monoisotopic (exact) mass is 302 g/mol. The molecule has 0 saturated carbocycles. The maximum absolute atomic E-state index is 0. The Hall–Kier alpha value is 3.69. The van der Waals surface area contributed by atoms with E-state index >= 15 is 0 Å². The van der Waals surface area contributed by atoms with E-state index in [0.29, 0.717) is 0 Å². The Balaban J connectivity index is 0. The van der Waals surface area contributed by atoms with E-state index in [4.69, 9.17) is 0 Å². The first-order valence-corrected chi connectivity index (χ1v) is 0. The molecule has 0 aliphatic carbocycles. The SMILES string of the molecule is S.S.S.[AlH3].[AlH3].[BaH2]. The van der Waals surface area contributed by atoms with Gasteiger partial charge in [0.05, 0.1) is 0 Å². The molecule has 0 radical (unpaired) electrons. The summed E-state index contributed by atoms with van der Waals surface area (Å²) in [7, 11) is 0. The van der Waals surface area contributed by atoms with E-state index in [1.54, 1.807) is 0 Å². The minimum absolute atomic E-state index is 0. The zero-order chi connectivity index (χ0) is 0. The summed E-state index contributed by atoms with van der Waals surface area (Å²) in [6.45, 7) is 0. The molecule has 0 amide bonds. The minimum atomic E-state index is 0. The summed E-state index contributed by atoms with van der Waals surface area (Å²) < 4.78 is 0. The molecule has 0 aliphatic rings. The molecule has 0 rings (SSSR count). The first-order valence-electron chi connectivity index (χ1n) is 0. The molecule has 0 N–H and O–H groups in total. The van der Waals surface area contributed by atoms with Crippen LogP contribution in [0, 0.1) is 0 Å². The first-order chi connectivity index (χ1) is 0. The van der Waals surface area contributed by atoms with Crippen LogP contribution in [0.15, 0.2) is 0 Å². The van der Waals surface area contributed by atoms with Crippen LogP contribution >= 0.6 is 40.5 Å². The van der Waals surface area contributed by atoms with Gasteiger partial charge in [-0.1, -0.05) is 0 Å². The second kappa shape index (κ2) is 37.8. The molecule has 6 heteroatoms. The maximum atomic E-state index is 0.